The van der Waals surface area contributed by atoms with Gasteiger partial charge in [-0.1, -0.05) is 20.8 Å². The molecule has 2 N–H and O–H groups in total. The highest BCUT2D eigenvalue weighted by molar-refractivity contribution is 5.73. The number of carbonyl (C=O) groups is 1. The third-order valence-electron chi connectivity index (χ3n) is 2.16. The van der Waals surface area contributed by atoms with Crippen molar-refractivity contribution < 1.29 is 9.90 Å². The van der Waals surface area contributed by atoms with Crippen molar-refractivity contribution in [2.75, 3.05) is 26.7 Å². The van der Waals surface area contributed by atoms with E-state index in [-0.39, 0.29) is 0 Å². The maximum Gasteiger partial charge on any atom is 0.322 e. The summed E-state index contributed by atoms with van der Waals surface area (Å²) in [5, 5.41) is 11.7. The molecule has 0 bridgehead atoms. The quantitative estimate of drug-likeness (QED) is 0.636. The second-order valence-corrected chi connectivity index (χ2v) is 3.93. The van der Waals surface area contributed by atoms with Crippen molar-refractivity contribution in [1.82, 2.24) is 10.2 Å². The topological polar surface area (TPSA) is 52.6 Å². The minimum Gasteiger partial charge on any atom is -0.480 e. The van der Waals surface area contributed by atoms with E-state index in [1.54, 1.807) is 7.05 Å². The van der Waals surface area contributed by atoms with E-state index in [4.69, 9.17) is 5.11 Å². The molecule has 0 heterocycles. The summed E-state index contributed by atoms with van der Waals surface area (Å²) in [5.74, 6) is -0.212. The van der Waals surface area contributed by atoms with E-state index < -0.39 is 12.0 Å². The predicted octanol–water partition coefficient (Wildman–Crippen LogP) is 0.637. The highest BCUT2D eigenvalue weighted by Crippen LogP contribution is 1.99. The Bertz CT molecular complexity index is 172. The number of likely N-dealkylation sites (N-methyl/N-ethyl adjacent to an activating group) is 2. The summed E-state index contributed by atoms with van der Waals surface area (Å²) in [7, 11) is 1.68. The van der Waals surface area contributed by atoms with Gasteiger partial charge in [0, 0.05) is 13.1 Å². The molecule has 0 aliphatic heterocycles. The third-order valence-corrected chi connectivity index (χ3v) is 2.16. The van der Waals surface area contributed by atoms with Crippen LogP contribution < -0.4 is 5.32 Å². The fraction of sp³-hybridized carbons (Fsp3) is 0.900. The van der Waals surface area contributed by atoms with Crippen LogP contribution in [0.4, 0.5) is 0 Å². The molecule has 0 fully saturated rings. The minimum absolute atomic E-state index is 0.464. The predicted molar refractivity (Wildman–Crippen MR) is 57.4 cm³/mol. The molecule has 0 saturated carbocycles. The van der Waals surface area contributed by atoms with Crippen LogP contribution in [-0.2, 0) is 4.79 Å². The van der Waals surface area contributed by atoms with Gasteiger partial charge < -0.3 is 15.3 Å². The van der Waals surface area contributed by atoms with Crippen LogP contribution in [0.15, 0.2) is 0 Å². The van der Waals surface area contributed by atoms with Crippen molar-refractivity contribution in [2.24, 2.45) is 5.92 Å². The first-order valence-corrected chi connectivity index (χ1v) is 5.13. The average Bonchev–Trinajstić information content (AvgIpc) is 2.10. The standard InChI is InChI=1S/C10H22N2O2/c1-5-12(6-8(2)3)7-9(11-4)10(13)14/h8-9,11H,5-7H2,1-4H3,(H,13,14). The van der Waals surface area contributed by atoms with E-state index in [9.17, 15) is 4.79 Å². The molecule has 0 radical (unpaired) electrons. The summed E-state index contributed by atoms with van der Waals surface area (Å²) in [6.07, 6.45) is 0. The van der Waals surface area contributed by atoms with E-state index >= 15 is 0 Å². The molecule has 0 saturated heterocycles. The van der Waals surface area contributed by atoms with Gasteiger partial charge >= 0.3 is 5.97 Å². The lowest BCUT2D eigenvalue weighted by molar-refractivity contribution is -0.139. The maximum atomic E-state index is 10.8. The van der Waals surface area contributed by atoms with Crippen molar-refractivity contribution in [2.45, 2.75) is 26.8 Å². The van der Waals surface area contributed by atoms with Crippen LogP contribution in [0.2, 0.25) is 0 Å². The molecule has 0 aromatic carbocycles. The number of carboxylic acids is 1. The Morgan fingerprint density at radius 2 is 2.00 bits per heavy atom. The van der Waals surface area contributed by atoms with Gasteiger partial charge in [-0.05, 0) is 19.5 Å². The van der Waals surface area contributed by atoms with Crippen LogP contribution in [-0.4, -0.2) is 48.7 Å². The molecule has 0 aliphatic rings. The lowest BCUT2D eigenvalue weighted by Gasteiger charge is -2.25. The zero-order valence-electron chi connectivity index (χ0n) is 9.58. The molecule has 0 amide bonds. The van der Waals surface area contributed by atoms with Crippen LogP contribution in [0, 0.1) is 5.92 Å². The van der Waals surface area contributed by atoms with E-state index in [1.165, 1.54) is 0 Å². The van der Waals surface area contributed by atoms with Crippen LogP contribution in [0.1, 0.15) is 20.8 Å². The van der Waals surface area contributed by atoms with Gasteiger partial charge in [-0.3, -0.25) is 4.79 Å². The van der Waals surface area contributed by atoms with Crippen molar-refractivity contribution in [1.29, 1.82) is 0 Å². The van der Waals surface area contributed by atoms with Gasteiger partial charge in [-0.15, -0.1) is 0 Å². The average molecular weight is 202 g/mol. The zero-order chi connectivity index (χ0) is 11.1. The molecule has 4 heteroatoms. The van der Waals surface area contributed by atoms with E-state index in [0.717, 1.165) is 13.1 Å². The number of nitrogens with one attached hydrogen (secondary N) is 1. The first-order chi connectivity index (χ1) is 6.51. The normalized spacial score (nSPS) is 13.6. The monoisotopic (exact) mass is 202 g/mol. The molecule has 1 unspecified atom stereocenters. The van der Waals surface area contributed by atoms with Crippen molar-refractivity contribution >= 4 is 5.97 Å². The maximum absolute atomic E-state index is 10.8. The molecule has 0 rings (SSSR count). The van der Waals surface area contributed by atoms with Crippen LogP contribution in [0.3, 0.4) is 0 Å². The Balaban J connectivity index is 4.07. The second kappa shape index (κ2) is 6.79. The number of hydrogen-bond donors (Lipinski definition) is 2. The number of rotatable bonds is 7. The Labute approximate surface area is 86.3 Å². The summed E-state index contributed by atoms with van der Waals surface area (Å²) >= 11 is 0. The van der Waals surface area contributed by atoms with E-state index in [2.05, 4.69) is 31.0 Å². The molecule has 0 spiro atoms. The molecule has 84 valence electrons. The molecular formula is C10H22N2O2. The Morgan fingerprint density at radius 3 is 2.29 bits per heavy atom. The molecular weight excluding hydrogens is 180 g/mol. The Hall–Kier alpha value is -0.610. The second-order valence-electron chi connectivity index (χ2n) is 3.93. The Morgan fingerprint density at radius 1 is 1.43 bits per heavy atom. The molecule has 0 aromatic heterocycles. The molecule has 0 aromatic rings. The SMILES string of the molecule is CCN(CC(C)C)CC(NC)C(=O)O. The van der Waals surface area contributed by atoms with Gasteiger partial charge in [0.25, 0.3) is 0 Å². The van der Waals surface area contributed by atoms with Gasteiger partial charge in [0.2, 0.25) is 0 Å². The van der Waals surface area contributed by atoms with Gasteiger partial charge in [0.1, 0.15) is 6.04 Å². The van der Waals surface area contributed by atoms with Crippen molar-refractivity contribution in [3.8, 4) is 0 Å². The number of hydrogen-bond acceptors (Lipinski definition) is 3. The largest absolute Gasteiger partial charge is 0.480 e. The lowest BCUT2D eigenvalue weighted by Crippen LogP contribution is -2.45. The summed E-state index contributed by atoms with van der Waals surface area (Å²) < 4.78 is 0. The molecule has 4 nitrogen and oxygen atoms in total. The van der Waals surface area contributed by atoms with Crippen LogP contribution >= 0.6 is 0 Å². The zero-order valence-corrected chi connectivity index (χ0v) is 9.58. The van der Waals surface area contributed by atoms with Gasteiger partial charge in [0.05, 0.1) is 0 Å². The van der Waals surface area contributed by atoms with Crippen molar-refractivity contribution in [3.05, 3.63) is 0 Å². The fourth-order valence-corrected chi connectivity index (χ4v) is 1.40. The number of aliphatic carboxylic acids is 1. The lowest BCUT2D eigenvalue weighted by atomic mass is 10.2. The summed E-state index contributed by atoms with van der Waals surface area (Å²) in [4.78, 5) is 12.9. The molecule has 14 heavy (non-hydrogen) atoms. The van der Waals surface area contributed by atoms with Crippen LogP contribution in [0.25, 0.3) is 0 Å². The first kappa shape index (κ1) is 13.4. The van der Waals surface area contributed by atoms with Gasteiger partial charge in [0.15, 0.2) is 0 Å². The highest BCUT2D eigenvalue weighted by atomic mass is 16.4. The van der Waals surface area contributed by atoms with Gasteiger partial charge in [-0.25, -0.2) is 0 Å². The summed E-state index contributed by atoms with van der Waals surface area (Å²) in [6.45, 7) is 8.73. The molecule has 0 aliphatic carbocycles. The summed E-state index contributed by atoms with van der Waals surface area (Å²) in [6, 6.07) is -0.464. The third kappa shape index (κ3) is 5.19. The van der Waals surface area contributed by atoms with E-state index in [0.29, 0.717) is 12.5 Å². The number of nitrogens with zero attached hydrogens (tertiary/aromatic N) is 1. The number of carboxylic acid groups (broad SMARTS) is 1. The minimum atomic E-state index is -0.783. The smallest absolute Gasteiger partial charge is 0.322 e. The highest BCUT2D eigenvalue weighted by Gasteiger charge is 2.18. The van der Waals surface area contributed by atoms with Gasteiger partial charge in [-0.2, -0.15) is 0 Å². The van der Waals surface area contributed by atoms with Crippen LogP contribution in [0.5, 0.6) is 0 Å². The van der Waals surface area contributed by atoms with Crippen molar-refractivity contribution in [3.63, 3.8) is 0 Å². The summed E-state index contributed by atoms with van der Waals surface area (Å²) in [5.41, 5.74) is 0. The first-order valence-electron chi connectivity index (χ1n) is 5.13. The Kier molecular flexibility index (Phi) is 6.49. The molecule has 1 atom stereocenters. The fourth-order valence-electron chi connectivity index (χ4n) is 1.40. The van der Waals surface area contributed by atoms with E-state index in [1.807, 2.05) is 0 Å².